The summed E-state index contributed by atoms with van der Waals surface area (Å²) < 4.78 is 17.9. The Hall–Kier alpha value is -2.21. The lowest BCUT2D eigenvalue weighted by Gasteiger charge is -2.23. The van der Waals surface area contributed by atoms with E-state index in [1.807, 2.05) is 0 Å². The fourth-order valence-electron chi connectivity index (χ4n) is 1.78. The van der Waals surface area contributed by atoms with Crippen LogP contribution in [0.25, 0.3) is 0 Å². The minimum absolute atomic E-state index is 0.0616. The molecule has 0 aliphatic rings. The fraction of sp³-hybridized carbons (Fsp3) is 0.231. The van der Waals surface area contributed by atoms with Crippen LogP contribution in [0, 0.1) is 5.82 Å². The molecule has 0 amide bonds. The molecule has 2 aromatic rings. The van der Waals surface area contributed by atoms with Gasteiger partial charge < -0.3 is 14.6 Å². The maximum Gasteiger partial charge on any atom is 0.371 e. The molecule has 2 rings (SSSR count). The number of rotatable bonds is 4. The molecule has 0 saturated carbocycles. The van der Waals surface area contributed by atoms with E-state index in [0.29, 0.717) is 0 Å². The number of aromatic nitrogens is 1. The van der Waals surface area contributed by atoms with Crippen LogP contribution in [0.5, 0.6) is 0 Å². The summed E-state index contributed by atoms with van der Waals surface area (Å²) in [5.41, 5.74) is -1.39. The third kappa shape index (κ3) is 2.34. The van der Waals surface area contributed by atoms with Gasteiger partial charge in [0.1, 0.15) is 11.6 Å². The Balaban J connectivity index is 2.46. The van der Waals surface area contributed by atoms with Crippen LogP contribution in [0.4, 0.5) is 4.39 Å². The van der Waals surface area contributed by atoms with E-state index in [-0.39, 0.29) is 23.6 Å². The Morgan fingerprint density at radius 2 is 2.16 bits per heavy atom. The lowest BCUT2D eigenvalue weighted by molar-refractivity contribution is 0.0439. The van der Waals surface area contributed by atoms with E-state index < -0.39 is 17.4 Å². The fourth-order valence-corrected chi connectivity index (χ4v) is 1.78. The molecule has 0 aromatic carbocycles. The molecule has 1 atom stereocenters. The number of hydrogen-bond acceptors (Lipinski definition) is 4. The van der Waals surface area contributed by atoms with Crippen molar-refractivity contribution in [1.82, 2.24) is 4.98 Å². The number of carboxylic acid groups (broad SMARTS) is 1. The molecule has 0 aliphatic heterocycles. The molecule has 0 spiro atoms. The van der Waals surface area contributed by atoms with Gasteiger partial charge in [0.15, 0.2) is 5.60 Å². The van der Waals surface area contributed by atoms with Gasteiger partial charge in [0.05, 0.1) is 11.9 Å². The predicted molar refractivity (Wildman–Crippen MR) is 63.2 cm³/mol. The smallest absolute Gasteiger partial charge is 0.371 e. The normalized spacial score (nSPS) is 14.1. The molecule has 2 heterocycles. The topological polar surface area (TPSA) is 83.6 Å². The number of aliphatic hydroxyl groups is 1. The van der Waals surface area contributed by atoms with Gasteiger partial charge in [-0.05, 0) is 30.7 Å². The molecule has 19 heavy (non-hydrogen) atoms. The van der Waals surface area contributed by atoms with Crippen LogP contribution in [0.3, 0.4) is 0 Å². The van der Waals surface area contributed by atoms with E-state index in [1.165, 1.54) is 24.3 Å². The van der Waals surface area contributed by atoms with Crippen molar-refractivity contribution >= 4 is 5.97 Å². The van der Waals surface area contributed by atoms with Gasteiger partial charge in [0, 0.05) is 0 Å². The van der Waals surface area contributed by atoms with E-state index in [0.717, 1.165) is 6.20 Å². The third-order valence-corrected chi connectivity index (χ3v) is 2.89. The second kappa shape index (κ2) is 4.81. The van der Waals surface area contributed by atoms with Crippen LogP contribution in [0.15, 0.2) is 34.9 Å². The quantitative estimate of drug-likeness (QED) is 0.885. The van der Waals surface area contributed by atoms with E-state index in [4.69, 9.17) is 9.52 Å². The van der Waals surface area contributed by atoms with Gasteiger partial charge in [0.25, 0.3) is 0 Å². The first-order valence-corrected chi connectivity index (χ1v) is 5.65. The second-order valence-corrected chi connectivity index (χ2v) is 4.04. The number of nitrogens with zero attached hydrogens (tertiary/aromatic N) is 1. The minimum Gasteiger partial charge on any atom is -0.475 e. The summed E-state index contributed by atoms with van der Waals surface area (Å²) in [6, 6.07) is 5.13. The molecule has 5 nitrogen and oxygen atoms in total. The van der Waals surface area contributed by atoms with Gasteiger partial charge >= 0.3 is 5.97 Å². The van der Waals surface area contributed by atoms with Crippen molar-refractivity contribution in [2.24, 2.45) is 0 Å². The summed E-state index contributed by atoms with van der Waals surface area (Å²) in [5.74, 6) is -1.96. The molecular weight excluding hydrogens is 253 g/mol. The van der Waals surface area contributed by atoms with Gasteiger partial charge in [-0.1, -0.05) is 6.92 Å². The highest BCUT2D eigenvalue weighted by molar-refractivity contribution is 5.84. The first-order valence-electron chi connectivity index (χ1n) is 5.65. The summed E-state index contributed by atoms with van der Waals surface area (Å²) >= 11 is 0. The first kappa shape index (κ1) is 13.2. The molecule has 2 aromatic heterocycles. The Labute approximate surface area is 108 Å². The number of carbonyl (C=O) groups is 1. The van der Waals surface area contributed by atoms with Crippen molar-refractivity contribution in [3.05, 3.63) is 53.5 Å². The Morgan fingerprint density at radius 3 is 2.63 bits per heavy atom. The number of pyridine rings is 1. The SMILES string of the molecule is CCC(O)(c1ccc(F)cn1)c1ccc(C(=O)O)o1. The zero-order chi connectivity index (χ0) is 14.0. The van der Waals surface area contributed by atoms with Crippen molar-refractivity contribution in [3.63, 3.8) is 0 Å². The first-order chi connectivity index (χ1) is 8.97. The summed E-state index contributed by atoms with van der Waals surface area (Å²) in [6.07, 6.45) is 1.19. The zero-order valence-electron chi connectivity index (χ0n) is 10.1. The predicted octanol–water partition coefficient (Wildman–Crippen LogP) is 2.16. The van der Waals surface area contributed by atoms with E-state index in [1.54, 1.807) is 6.92 Å². The van der Waals surface area contributed by atoms with Gasteiger partial charge in [-0.15, -0.1) is 0 Å². The van der Waals surface area contributed by atoms with Gasteiger partial charge in [0.2, 0.25) is 5.76 Å². The van der Waals surface area contributed by atoms with Crippen LogP contribution < -0.4 is 0 Å². The summed E-state index contributed by atoms with van der Waals surface area (Å²) in [6.45, 7) is 1.69. The summed E-state index contributed by atoms with van der Waals surface area (Å²) in [5, 5.41) is 19.4. The third-order valence-electron chi connectivity index (χ3n) is 2.89. The van der Waals surface area contributed by atoms with Crippen LogP contribution in [-0.4, -0.2) is 21.2 Å². The van der Waals surface area contributed by atoms with Crippen LogP contribution in [0.2, 0.25) is 0 Å². The van der Waals surface area contributed by atoms with Crippen molar-refractivity contribution in [3.8, 4) is 0 Å². The highest BCUT2D eigenvalue weighted by atomic mass is 19.1. The highest BCUT2D eigenvalue weighted by Gasteiger charge is 2.35. The minimum atomic E-state index is -1.58. The molecule has 0 bridgehead atoms. The molecule has 0 saturated heterocycles. The maximum atomic E-state index is 12.8. The van der Waals surface area contributed by atoms with Gasteiger partial charge in [-0.3, -0.25) is 4.98 Å². The van der Waals surface area contributed by atoms with Crippen LogP contribution >= 0.6 is 0 Å². The largest absolute Gasteiger partial charge is 0.475 e. The van der Waals surface area contributed by atoms with Crippen molar-refractivity contribution in [2.45, 2.75) is 18.9 Å². The number of aromatic carboxylic acids is 1. The average molecular weight is 265 g/mol. The average Bonchev–Trinajstić information content (AvgIpc) is 2.89. The Kier molecular flexibility index (Phi) is 3.35. The number of hydrogen-bond donors (Lipinski definition) is 2. The molecular formula is C13H12FNO4. The van der Waals surface area contributed by atoms with Crippen molar-refractivity contribution < 1.29 is 23.8 Å². The lowest BCUT2D eigenvalue weighted by Crippen LogP contribution is -2.27. The van der Waals surface area contributed by atoms with Crippen LogP contribution in [0.1, 0.15) is 35.4 Å². The van der Waals surface area contributed by atoms with Gasteiger partial charge in [-0.2, -0.15) is 0 Å². The molecule has 2 N–H and O–H groups in total. The van der Waals surface area contributed by atoms with Crippen molar-refractivity contribution in [2.75, 3.05) is 0 Å². The number of carboxylic acids is 1. The molecule has 100 valence electrons. The molecule has 6 heteroatoms. The van der Waals surface area contributed by atoms with E-state index in [9.17, 15) is 14.3 Å². The zero-order valence-corrected chi connectivity index (χ0v) is 10.1. The summed E-state index contributed by atoms with van der Waals surface area (Å²) in [4.78, 5) is 14.6. The summed E-state index contributed by atoms with van der Waals surface area (Å²) in [7, 11) is 0. The molecule has 0 aliphatic carbocycles. The molecule has 0 fully saturated rings. The lowest BCUT2D eigenvalue weighted by atomic mass is 9.93. The second-order valence-electron chi connectivity index (χ2n) is 4.04. The van der Waals surface area contributed by atoms with E-state index in [2.05, 4.69) is 4.98 Å². The molecule has 1 unspecified atom stereocenters. The Bertz CT molecular complexity index is 593. The Morgan fingerprint density at radius 1 is 1.42 bits per heavy atom. The monoisotopic (exact) mass is 265 g/mol. The standard InChI is InChI=1S/C13H12FNO4/c1-2-13(18,10-5-3-8(14)7-15-10)11-6-4-9(19-11)12(16)17/h3-7,18H,2H2,1H3,(H,16,17). The maximum absolute atomic E-state index is 12.8. The number of halogens is 1. The van der Waals surface area contributed by atoms with Crippen LogP contribution in [-0.2, 0) is 5.60 Å². The highest BCUT2D eigenvalue weighted by Crippen LogP contribution is 2.32. The molecule has 0 radical (unpaired) electrons. The number of furan rings is 1. The van der Waals surface area contributed by atoms with Gasteiger partial charge in [-0.25, -0.2) is 9.18 Å². The van der Waals surface area contributed by atoms with E-state index >= 15 is 0 Å². The van der Waals surface area contributed by atoms with Crippen molar-refractivity contribution in [1.29, 1.82) is 0 Å².